The maximum atomic E-state index is 2.49. The van der Waals surface area contributed by atoms with Crippen molar-refractivity contribution in [1.29, 1.82) is 0 Å². The molecule has 2 aromatic heterocycles. The SMILES string of the molecule is CN1CCC[C@@H]1c1ccc[n+](CCCC/C=C/C=C/CCCC[n+]2cccc([C@H]3CCCN3C)c2)c1. The number of pyridine rings is 2. The Hall–Kier alpha value is -2.30. The minimum atomic E-state index is 0.612. The Morgan fingerprint density at radius 3 is 1.61 bits per heavy atom. The van der Waals surface area contributed by atoms with Gasteiger partial charge in [-0.1, -0.05) is 24.3 Å². The number of likely N-dealkylation sites (tertiary alicyclic amines) is 2. The van der Waals surface area contributed by atoms with Gasteiger partial charge in [0.1, 0.15) is 13.1 Å². The molecule has 0 saturated carbocycles. The lowest BCUT2D eigenvalue weighted by Gasteiger charge is -2.18. The lowest BCUT2D eigenvalue weighted by Crippen LogP contribution is -2.34. The summed E-state index contributed by atoms with van der Waals surface area (Å²) < 4.78 is 4.76. The largest absolute Gasteiger partial charge is 0.299 e. The number of hydrogen-bond acceptors (Lipinski definition) is 2. The summed E-state index contributed by atoms with van der Waals surface area (Å²) >= 11 is 0. The molecule has 4 nitrogen and oxygen atoms in total. The third-order valence-corrected chi connectivity index (χ3v) is 8.03. The first-order chi connectivity index (χ1) is 17.7. The van der Waals surface area contributed by atoms with Crippen LogP contribution >= 0.6 is 0 Å². The fourth-order valence-electron chi connectivity index (χ4n) is 5.88. The molecule has 2 aliphatic heterocycles. The van der Waals surface area contributed by atoms with Crippen molar-refractivity contribution in [2.24, 2.45) is 0 Å². The average molecular weight is 489 g/mol. The molecule has 0 N–H and O–H groups in total. The second-order valence-corrected chi connectivity index (χ2v) is 10.9. The Kier molecular flexibility index (Phi) is 10.7. The van der Waals surface area contributed by atoms with Crippen LogP contribution in [-0.4, -0.2) is 37.0 Å². The maximum Gasteiger partial charge on any atom is 0.173 e. The number of rotatable bonds is 13. The average Bonchev–Trinajstić information content (AvgIpc) is 3.53. The van der Waals surface area contributed by atoms with Crippen LogP contribution in [0.5, 0.6) is 0 Å². The zero-order valence-corrected chi connectivity index (χ0v) is 22.8. The highest BCUT2D eigenvalue weighted by Crippen LogP contribution is 2.30. The molecule has 0 bridgehead atoms. The van der Waals surface area contributed by atoms with Gasteiger partial charge in [0.25, 0.3) is 0 Å². The summed E-state index contributed by atoms with van der Waals surface area (Å²) in [5, 5.41) is 0. The van der Waals surface area contributed by atoms with E-state index in [-0.39, 0.29) is 0 Å². The zero-order valence-electron chi connectivity index (χ0n) is 22.8. The lowest BCUT2D eigenvalue weighted by molar-refractivity contribution is -0.698. The van der Waals surface area contributed by atoms with Crippen LogP contribution in [0.15, 0.2) is 73.4 Å². The van der Waals surface area contributed by atoms with Crippen molar-refractivity contribution in [3.05, 3.63) is 84.5 Å². The van der Waals surface area contributed by atoms with E-state index in [1.165, 1.54) is 88.4 Å². The Labute approximate surface area is 220 Å². The predicted octanol–water partition coefficient (Wildman–Crippen LogP) is 5.95. The summed E-state index contributed by atoms with van der Waals surface area (Å²) in [7, 11) is 4.51. The van der Waals surface area contributed by atoms with E-state index >= 15 is 0 Å². The molecule has 4 heterocycles. The smallest absolute Gasteiger partial charge is 0.173 e. The van der Waals surface area contributed by atoms with Gasteiger partial charge >= 0.3 is 0 Å². The molecule has 2 atom stereocenters. The van der Waals surface area contributed by atoms with Crippen molar-refractivity contribution in [2.45, 2.75) is 89.4 Å². The summed E-state index contributed by atoms with van der Waals surface area (Å²) in [6.07, 6.45) is 30.8. The van der Waals surface area contributed by atoms with Gasteiger partial charge < -0.3 is 0 Å². The van der Waals surface area contributed by atoms with Crippen molar-refractivity contribution >= 4 is 0 Å². The molecule has 0 spiro atoms. The first kappa shape index (κ1) is 26.8. The van der Waals surface area contributed by atoms with Gasteiger partial charge in [0, 0.05) is 48.2 Å². The van der Waals surface area contributed by atoms with E-state index in [1.54, 1.807) is 0 Å². The van der Waals surface area contributed by atoms with Crippen molar-refractivity contribution in [1.82, 2.24) is 9.80 Å². The van der Waals surface area contributed by atoms with Crippen molar-refractivity contribution in [3.8, 4) is 0 Å². The highest BCUT2D eigenvalue weighted by molar-refractivity contribution is 5.13. The highest BCUT2D eigenvalue weighted by atomic mass is 15.2. The van der Waals surface area contributed by atoms with Gasteiger partial charge in [-0.05, 0) is 90.7 Å². The van der Waals surface area contributed by atoms with E-state index in [4.69, 9.17) is 0 Å². The highest BCUT2D eigenvalue weighted by Gasteiger charge is 2.25. The Balaban J connectivity index is 1.05. The predicted molar refractivity (Wildman–Crippen MR) is 148 cm³/mol. The van der Waals surface area contributed by atoms with Crippen LogP contribution in [0.4, 0.5) is 0 Å². The molecule has 4 rings (SSSR count). The first-order valence-electron chi connectivity index (χ1n) is 14.4. The molecule has 4 heteroatoms. The van der Waals surface area contributed by atoms with Crippen LogP contribution in [0.2, 0.25) is 0 Å². The van der Waals surface area contributed by atoms with E-state index in [0.29, 0.717) is 12.1 Å². The van der Waals surface area contributed by atoms with Gasteiger partial charge in [-0.2, -0.15) is 0 Å². The fraction of sp³-hybridized carbons (Fsp3) is 0.562. The van der Waals surface area contributed by atoms with E-state index in [0.717, 1.165) is 13.1 Å². The summed E-state index contributed by atoms with van der Waals surface area (Å²) in [5.74, 6) is 0. The van der Waals surface area contributed by atoms with E-state index in [9.17, 15) is 0 Å². The van der Waals surface area contributed by atoms with Gasteiger partial charge in [0.15, 0.2) is 24.8 Å². The number of unbranched alkanes of at least 4 members (excludes halogenated alkanes) is 4. The molecule has 36 heavy (non-hydrogen) atoms. The quantitative estimate of drug-likeness (QED) is 0.197. The van der Waals surface area contributed by atoms with Crippen molar-refractivity contribution in [3.63, 3.8) is 0 Å². The minimum absolute atomic E-state index is 0.612. The van der Waals surface area contributed by atoms with E-state index < -0.39 is 0 Å². The van der Waals surface area contributed by atoms with Gasteiger partial charge in [-0.15, -0.1) is 0 Å². The summed E-state index contributed by atoms with van der Waals surface area (Å²) in [4.78, 5) is 4.98. The second kappa shape index (κ2) is 14.4. The molecule has 0 aliphatic carbocycles. The summed E-state index contributed by atoms with van der Waals surface area (Å²) in [6, 6.07) is 10.3. The number of allylic oxidation sites excluding steroid dienone is 4. The van der Waals surface area contributed by atoms with Gasteiger partial charge in [0.2, 0.25) is 0 Å². The molecule has 2 aromatic rings. The number of nitrogens with zero attached hydrogens (tertiary/aromatic N) is 4. The van der Waals surface area contributed by atoms with Crippen LogP contribution in [0, 0.1) is 0 Å². The standard InChI is InChI=1S/C32H48N4/c1-33-21-15-19-31(33)29-17-13-25-35(27-29)23-11-9-7-5-3-4-6-8-10-12-24-36-26-14-18-30(28-36)32-20-16-22-34(32)2/h3-6,13-14,17-18,25-28,31-32H,7-12,15-16,19-24H2,1-2H3/q+2/b5-3+,6-4+/t31-,32-/m1/s1. The Morgan fingerprint density at radius 2 is 1.19 bits per heavy atom. The van der Waals surface area contributed by atoms with Crippen LogP contribution < -0.4 is 9.13 Å². The molecule has 0 radical (unpaired) electrons. The van der Waals surface area contributed by atoms with Crippen LogP contribution in [0.3, 0.4) is 0 Å². The Bertz CT molecular complexity index is 902. The van der Waals surface area contributed by atoms with Gasteiger partial charge in [0.05, 0.1) is 0 Å². The van der Waals surface area contributed by atoms with Crippen LogP contribution in [0.1, 0.15) is 87.4 Å². The number of aromatic nitrogens is 2. The number of aryl methyl sites for hydroxylation is 2. The molecule has 2 fully saturated rings. The summed E-state index contributed by atoms with van der Waals surface area (Å²) in [5.41, 5.74) is 2.96. The third kappa shape index (κ3) is 8.11. The molecule has 2 aliphatic rings. The van der Waals surface area contributed by atoms with Gasteiger partial charge in [-0.25, -0.2) is 9.13 Å². The molecule has 0 aromatic carbocycles. The van der Waals surface area contributed by atoms with Crippen LogP contribution in [-0.2, 0) is 13.1 Å². The normalized spacial score (nSPS) is 21.4. The second-order valence-electron chi connectivity index (χ2n) is 10.9. The molecular formula is C32H48N4+2. The first-order valence-corrected chi connectivity index (χ1v) is 14.4. The zero-order chi connectivity index (χ0) is 25.0. The minimum Gasteiger partial charge on any atom is -0.299 e. The van der Waals surface area contributed by atoms with Crippen LogP contribution in [0.25, 0.3) is 0 Å². The third-order valence-electron chi connectivity index (χ3n) is 8.03. The monoisotopic (exact) mass is 488 g/mol. The summed E-state index contributed by atoms with van der Waals surface area (Å²) in [6.45, 7) is 4.69. The molecule has 2 saturated heterocycles. The molecule has 194 valence electrons. The molecule has 0 unspecified atom stereocenters. The van der Waals surface area contributed by atoms with Crippen molar-refractivity contribution < 1.29 is 9.13 Å². The lowest BCUT2D eigenvalue weighted by atomic mass is 10.1. The molecular weight excluding hydrogens is 440 g/mol. The fourth-order valence-corrected chi connectivity index (χ4v) is 5.88. The molecule has 0 amide bonds. The maximum absolute atomic E-state index is 2.49. The van der Waals surface area contributed by atoms with Gasteiger partial charge in [-0.3, -0.25) is 9.80 Å². The number of hydrogen-bond donors (Lipinski definition) is 0. The Morgan fingerprint density at radius 1 is 0.722 bits per heavy atom. The van der Waals surface area contributed by atoms with E-state index in [1.807, 2.05) is 0 Å². The topological polar surface area (TPSA) is 14.2 Å². The van der Waals surface area contributed by atoms with E-state index in [2.05, 4.69) is 106 Å². The van der Waals surface area contributed by atoms with Crippen molar-refractivity contribution in [2.75, 3.05) is 27.2 Å².